The average Bonchev–Trinajstić information content (AvgIpc) is 3.85. The van der Waals surface area contributed by atoms with E-state index in [1.807, 2.05) is 102 Å². The Morgan fingerprint density at radius 3 is 1.58 bits per heavy atom. The van der Waals surface area contributed by atoms with Crippen LogP contribution in [0.4, 0.5) is 9.59 Å². The lowest BCUT2D eigenvalue weighted by Crippen LogP contribution is -2.36. The summed E-state index contributed by atoms with van der Waals surface area (Å²) in [5.41, 5.74) is 3.74. The molecule has 2 aromatic carbocycles. The van der Waals surface area contributed by atoms with Gasteiger partial charge >= 0.3 is 12.2 Å². The summed E-state index contributed by atoms with van der Waals surface area (Å²) in [5, 5.41) is 0. The minimum atomic E-state index is -0.541. The first-order valence-electron chi connectivity index (χ1n) is 16.7. The van der Waals surface area contributed by atoms with Gasteiger partial charge in [0.2, 0.25) is 0 Å². The second-order valence-corrected chi connectivity index (χ2v) is 14.5. The maximum atomic E-state index is 12.7. The second kappa shape index (κ2) is 13.4. The molecule has 0 saturated carbocycles. The number of hydrogen-bond donors (Lipinski definition) is 2. The zero-order valence-corrected chi connectivity index (χ0v) is 28.7. The van der Waals surface area contributed by atoms with Crippen LogP contribution in [0.5, 0.6) is 5.75 Å². The Kier molecular flexibility index (Phi) is 9.22. The number of carbonyl (C=O) groups excluding carboxylic acids is 2. The molecule has 2 amide bonds. The summed E-state index contributed by atoms with van der Waals surface area (Å²) in [6.07, 6.45) is 6.55. The Balaban J connectivity index is 1.03. The number of carbonyl (C=O) groups is 2. The maximum Gasteiger partial charge on any atom is 0.410 e. The number of nitrogens with one attached hydrogen (secondary N) is 2. The number of imidazole rings is 2. The van der Waals surface area contributed by atoms with Gasteiger partial charge in [0, 0.05) is 13.1 Å². The summed E-state index contributed by atoms with van der Waals surface area (Å²) in [4.78, 5) is 45.1. The number of H-pyrrole nitrogens is 2. The summed E-state index contributed by atoms with van der Waals surface area (Å²) in [7, 11) is 0. The molecule has 2 aliphatic rings. The van der Waals surface area contributed by atoms with Crippen LogP contribution in [-0.4, -0.2) is 66.2 Å². The number of likely N-dealkylation sites (tertiary alicyclic amines) is 2. The van der Waals surface area contributed by atoms with E-state index < -0.39 is 11.2 Å². The smallest absolute Gasteiger partial charge is 0.410 e. The Morgan fingerprint density at radius 2 is 1.15 bits per heavy atom. The number of rotatable bonds is 7. The molecule has 4 aromatic rings. The zero-order valence-electron chi connectivity index (χ0n) is 28.7. The number of benzene rings is 2. The number of nitrogens with zero attached hydrogens (tertiary/aromatic N) is 4. The van der Waals surface area contributed by atoms with Crippen molar-refractivity contribution in [1.29, 1.82) is 0 Å². The maximum absolute atomic E-state index is 12.7. The molecule has 11 heteroatoms. The van der Waals surface area contributed by atoms with Gasteiger partial charge in [0.1, 0.15) is 35.2 Å². The van der Waals surface area contributed by atoms with Gasteiger partial charge in [-0.2, -0.15) is 0 Å². The van der Waals surface area contributed by atoms with E-state index >= 15 is 0 Å². The highest BCUT2D eigenvalue weighted by atomic mass is 16.6. The van der Waals surface area contributed by atoms with Crippen molar-refractivity contribution < 1.29 is 23.8 Å². The molecule has 0 unspecified atom stereocenters. The summed E-state index contributed by atoms with van der Waals surface area (Å²) >= 11 is 0. The van der Waals surface area contributed by atoms with E-state index in [0.717, 1.165) is 71.2 Å². The molecule has 2 aromatic heterocycles. The van der Waals surface area contributed by atoms with Crippen molar-refractivity contribution in [2.75, 3.05) is 13.1 Å². The van der Waals surface area contributed by atoms with Gasteiger partial charge in [0.05, 0.1) is 35.9 Å². The van der Waals surface area contributed by atoms with Crippen LogP contribution in [-0.2, 0) is 16.1 Å². The van der Waals surface area contributed by atoms with E-state index in [1.54, 1.807) is 9.80 Å². The highest BCUT2D eigenvalue weighted by Gasteiger charge is 2.36. The van der Waals surface area contributed by atoms with E-state index in [0.29, 0.717) is 19.7 Å². The van der Waals surface area contributed by atoms with Crippen molar-refractivity contribution in [1.82, 2.24) is 29.7 Å². The first-order chi connectivity index (χ1) is 22.8. The second-order valence-electron chi connectivity index (χ2n) is 14.5. The number of amides is 2. The molecule has 0 radical (unpaired) electrons. The molecule has 0 spiro atoms. The van der Waals surface area contributed by atoms with E-state index in [2.05, 4.69) is 19.9 Å². The molecular weight excluding hydrogens is 608 g/mol. The number of hydrogen-bond acceptors (Lipinski definition) is 7. The van der Waals surface area contributed by atoms with Crippen LogP contribution in [0.1, 0.15) is 96.5 Å². The van der Waals surface area contributed by atoms with E-state index in [9.17, 15) is 9.59 Å². The third-order valence-electron chi connectivity index (χ3n) is 8.42. The SMILES string of the molecule is CC(C)(C)OC(=O)N1CCC[C@H]1c1ncc(-c2ccc(COc3ccc(-c4cnc([C@@H]5CCCN5C(=O)OC(C)(C)C)[nH]4)cc3)cc2)[nH]1. The first-order valence-corrected chi connectivity index (χ1v) is 16.7. The fourth-order valence-electron chi connectivity index (χ4n) is 6.16. The summed E-state index contributed by atoms with van der Waals surface area (Å²) < 4.78 is 17.3. The topological polar surface area (TPSA) is 126 Å². The van der Waals surface area contributed by atoms with Crippen LogP contribution in [0.15, 0.2) is 60.9 Å². The molecule has 6 rings (SSSR count). The Hall–Kier alpha value is -4.80. The van der Waals surface area contributed by atoms with Crippen molar-refractivity contribution in [2.45, 2.75) is 97.1 Å². The quantitative estimate of drug-likeness (QED) is 0.206. The van der Waals surface area contributed by atoms with E-state index in [4.69, 9.17) is 14.2 Å². The van der Waals surface area contributed by atoms with Crippen LogP contribution in [0.25, 0.3) is 22.5 Å². The minimum Gasteiger partial charge on any atom is -0.489 e. The fraction of sp³-hybridized carbons (Fsp3) is 0.459. The van der Waals surface area contributed by atoms with Crippen molar-refractivity contribution in [2.24, 2.45) is 0 Å². The molecule has 2 aliphatic heterocycles. The number of aromatic amines is 2. The zero-order chi connectivity index (χ0) is 34.1. The molecule has 0 aliphatic carbocycles. The highest BCUT2D eigenvalue weighted by Crippen LogP contribution is 2.34. The van der Waals surface area contributed by atoms with Gasteiger partial charge in [-0.05, 0) is 108 Å². The van der Waals surface area contributed by atoms with Crippen LogP contribution < -0.4 is 4.74 Å². The third-order valence-corrected chi connectivity index (χ3v) is 8.42. The fourth-order valence-corrected chi connectivity index (χ4v) is 6.16. The molecule has 4 heterocycles. The molecule has 48 heavy (non-hydrogen) atoms. The molecule has 2 fully saturated rings. The van der Waals surface area contributed by atoms with Crippen LogP contribution in [0.2, 0.25) is 0 Å². The third kappa shape index (κ3) is 7.83. The van der Waals surface area contributed by atoms with Gasteiger partial charge in [0.25, 0.3) is 0 Å². The molecule has 2 saturated heterocycles. The average molecular weight is 655 g/mol. The molecular formula is C37H46N6O5. The standard InChI is InChI=1S/C37H46N6O5/c1-36(2,3)47-34(44)42-19-7-9-30(42)32-38-21-28(40-32)25-13-11-24(12-14-25)23-46-27-17-15-26(16-18-27)29-22-39-33(41-29)31-10-8-20-43(31)35(45)48-37(4,5)6/h11-18,21-22,30-31H,7-10,19-20,23H2,1-6H3,(H,38,40)(H,39,41)/t30-,31-/m0/s1. The lowest BCUT2D eigenvalue weighted by Gasteiger charge is -2.27. The van der Waals surface area contributed by atoms with Gasteiger partial charge in [-0.1, -0.05) is 24.3 Å². The largest absolute Gasteiger partial charge is 0.489 e. The van der Waals surface area contributed by atoms with E-state index in [-0.39, 0.29) is 24.3 Å². The molecule has 11 nitrogen and oxygen atoms in total. The van der Waals surface area contributed by atoms with Gasteiger partial charge in [-0.15, -0.1) is 0 Å². The van der Waals surface area contributed by atoms with Crippen LogP contribution >= 0.6 is 0 Å². The molecule has 0 bridgehead atoms. The molecule has 254 valence electrons. The summed E-state index contributed by atoms with van der Waals surface area (Å²) in [6, 6.07) is 15.8. The van der Waals surface area contributed by atoms with Gasteiger partial charge in [-0.3, -0.25) is 9.80 Å². The normalized spacial score (nSPS) is 18.3. The van der Waals surface area contributed by atoms with Gasteiger partial charge in [-0.25, -0.2) is 19.6 Å². The minimum absolute atomic E-state index is 0.121. The molecule has 2 atom stereocenters. The number of ether oxygens (including phenoxy) is 3. The van der Waals surface area contributed by atoms with Gasteiger partial charge < -0.3 is 24.2 Å². The highest BCUT2D eigenvalue weighted by molar-refractivity contribution is 5.70. The first kappa shape index (κ1) is 33.1. The predicted molar refractivity (Wildman–Crippen MR) is 182 cm³/mol. The summed E-state index contributed by atoms with van der Waals surface area (Å²) in [6.45, 7) is 13.0. The van der Waals surface area contributed by atoms with Gasteiger partial charge in [0.15, 0.2) is 0 Å². The van der Waals surface area contributed by atoms with Crippen LogP contribution in [0, 0.1) is 0 Å². The predicted octanol–water partition coefficient (Wildman–Crippen LogP) is 8.19. The van der Waals surface area contributed by atoms with Crippen molar-refractivity contribution in [3.05, 3.63) is 78.1 Å². The lowest BCUT2D eigenvalue weighted by molar-refractivity contribution is 0.0208. The molecule has 2 N–H and O–H groups in total. The lowest BCUT2D eigenvalue weighted by atomic mass is 10.1. The summed E-state index contributed by atoms with van der Waals surface area (Å²) in [5.74, 6) is 2.31. The van der Waals surface area contributed by atoms with Crippen LogP contribution in [0.3, 0.4) is 0 Å². The Morgan fingerprint density at radius 1 is 0.708 bits per heavy atom. The van der Waals surface area contributed by atoms with E-state index in [1.165, 1.54) is 0 Å². The Labute approximate surface area is 282 Å². The Bertz CT molecular complexity index is 1590. The van der Waals surface area contributed by atoms with Crippen molar-refractivity contribution in [3.8, 4) is 28.3 Å². The number of aromatic nitrogens is 4. The van der Waals surface area contributed by atoms with Crippen molar-refractivity contribution >= 4 is 12.2 Å². The monoisotopic (exact) mass is 654 g/mol. The van der Waals surface area contributed by atoms with Crippen molar-refractivity contribution in [3.63, 3.8) is 0 Å².